The number of benzene rings is 2. The minimum absolute atomic E-state index is 0.172. The van der Waals surface area contributed by atoms with Gasteiger partial charge in [0.1, 0.15) is 5.56 Å². The van der Waals surface area contributed by atoms with Gasteiger partial charge in [0.25, 0.3) is 5.91 Å². The number of para-hydroxylation sites is 1. The number of nitrogens with zero attached hydrogens (tertiary/aromatic N) is 1. The summed E-state index contributed by atoms with van der Waals surface area (Å²) in [6, 6.07) is 11.6. The van der Waals surface area contributed by atoms with Crippen molar-refractivity contribution in [1.29, 1.82) is 0 Å². The molecule has 2 aromatic carbocycles. The van der Waals surface area contributed by atoms with Crippen LogP contribution in [0.1, 0.15) is 34.5 Å². The molecule has 4 rings (SSSR count). The van der Waals surface area contributed by atoms with Crippen LogP contribution in [0.2, 0.25) is 0 Å². The van der Waals surface area contributed by atoms with E-state index in [1.807, 2.05) is 41.8 Å². The lowest BCUT2D eigenvalue weighted by atomic mass is 10.1. The van der Waals surface area contributed by atoms with Gasteiger partial charge in [0, 0.05) is 22.1 Å². The van der Waals surface area contributed by atoms with Gasteiger partial charge in [0.15, 0.2) is 0 Å². The maximum Gasteiger partial charge on any atom is 0.261 e. The number of aromatic nitrogens is 1. The van der Waals surface area contributed by atoms with Crippen LogP contribution in [0.3, 0.4) is 0 Å². The summed E-state index contributed by atoms with van der Waals surface area (Å²) in [5.41, 5.74) is 3.81. The quantitative estimate of drug-likeness (QED) is 0.695. The van der Waals surface area contributed by atoms with Crippen LogP contribution >= 0.6 is 15.9 Å². The van der Waals surface area contributed by atoms with E-state index in [4.69, 9.17) is 0 Å². The van der Waals surface area contributed by atoms with Gasteiger partial charge in [-0.2, -0.15) is 0 Å². The Bertz CT molecular complexity index is 1080. The Balaban J connectivity index is 1.81. The number of hydrogen-bond donors (Lipinski definition) is 1. The van der Waals surface area contributed by atoms with Crippen LogP contribution in [0, 0.1) is 6.92 Å². The second kappa shape index (κ2) is 5.85. The molecule has 1 N–H and O–H groups in total. The lowest BCUT2D eigenvalue weighted by Crippen LogP contribution is -2.24. The van der Waals surface area contributed by atoms with Gasteiger partial charge in [0.05, 0.1) is 11.2 Å². The topological polar surface area (TPSA) is 51.1 Å². The van der Waals surface area contributed by atoms with Crippen LogP contribution in [-0.4, -0.2) is 10.5 Å². The smallest absolute Gasteiger partial charge is 0.261 e. The Hall–Kier alpha value is -2.40. The zero-order valence-corrected chi connectivity index (χ0v) is 15.6. The van der Waals surface area contributed by atoms with E-state index < -0.39 is 0 Å². The van der Waals surface area contributed by atoms with E-state index in [9.17, 15) is 9.59 Å². The van der Waals surface area contributed by atoms with Crippen molar-refractivity contribution >= 4 is 38.4 Å². The molecule has 25 heavy (non-hydrogen) atoms. The van der Waals surface area contributed by atoms with Gasteiger partial charge in [0.2, 0.25) is 5.43 Å². The number of rotatable bonds is 2. The zero-order valence-electron chi connectivity index (χ0n) is 14.0. The third kappa shape index (κ3) is 2.59. The summed E-state index contributed by atoms with van der Waals surface area (Å²) in [5.74, 6) is -0.385. The predicted molar refractivity (Wildman–Crippen MR) is 103 cm³/mol. The number of nitrogens with one attached hydrogen (secondary N) is 1. The summed E-state index contributed by atoms with van der Waals surface area (Å²) in [7, 11) is 0. The predicted octanol–water partition coefficient (Wildman–Crippen LogP) is 4.44. The summed E-state index contributed by atoms with van der Waals surface area (Å²) < 4.78 is 2.84. The molecule has 0 radical (unpaired) electrons. The van der Waals surface area contributed by atoms with Crippen molar-refractivity contribution in [1.82, 2.24) is 4.57 Å². The van der Waals surface area contributed by atoms with Crippen LogP contribution < -0.4 is 10.7 Å². The SMILES string of the molecule is Cc1ccc(NC(=O)c2cn3c4c(cccc4c2=O)C[C@@H]3C)c(Br)c1. The highest BCUT2D eigenvalue weighted by Gasteiger charge is 2.24. The third-order valence-corrected chi connectivity index (χ3v) is 5.40. The van der Waals surface area contributed by atoms with Crippen molar-refractivity contribution in [3.05, 3.63) is 74.0 Å². The molecule has 1 atom stereocenters. The molecule has 1 aliphatic rings. The Morgan fingerprint density at radius 2 is 2.08 bits per heavy atom. The molecule has 1 aliphatic heterocycles. The first-order valence-electron chi connectivity index (χ1n) is 8.20. The minimum atomic E-state index is -0.385. The summed E-state index contributed by atoms with van der Waals surface area (Å²) >= 11 is 3.45. The van der Waals surface area contributed by atoms with Gasteiger partial charge in [-0.1, -0.05) is 18.2 Å². The highest BCUT2D eigenvalue weighted by molar-refractivity contribution is 9.10. The molecule has 0 bridgehead atoms. The highest BCUT2D eigenvalue weighted by Crippen LogP contribution is 2.31. The fourth-order valence-electron chi connectivity index (χ4n) is 3.49. The fraction of sp³-hybridized carbons (Fsp3) is 0.200. The number of hydrogen-bond acceptors (Lipinski definition) is 2. The molecule has 0 unspecified atom stereocenters. The maximum atomic E-state index is 12.9. The fourth-order valence-corrected chi connectivity index (χ4v) is 4.08. The molecular formula is C20H17BrN2O2. The molecule has 0 saturated carbocycles. The molecule has 1 aromatic heterocycles. The van der Waals surface area contributed by atoms with Crippen molar-refractivity contribution in [3.8, 4) is 0 Å². The zero-order chi connectivity index (χ0) is 17.7. The first-order valence-corrected chi connectivity index (χ1v) is 8.99. The van der Waals surface area contributed by atoms with E-state index in [1.54, 1.807) is 12.3 Å². The molecule has 5 heteroatoms. The second-order valence-corrected chi connectivity index (χ2v) is 7.44. The highest BCUT2D eigenvalue weighted by atomic mass is 79.9. The number of anilines is 1. The van der Waals surface area contributed by atoms with E-state index in [2.05, 4.69) is 28.2 Å². The monoisotopic (exact) mass is 396 g/mol. The van der Waals surface area contributed by atoms with Crippen LogP contribution in [0.4, 0.5) is 5.69 Å². The maximum absolute atomic E-state index is 12.9. The van der Waals surface area contributed by atoms with Gasteiger partial charge in [-0.25, -0.2) is 0 Å². The van der Waals surface area contributed by atoms with Crippen LogP contribution in [0.25, 0.3) is 10.9 Å². The Labute approximate surface area is 153 Å². The molecule has 0 saturated heterocycles. The summed E-state index contributed by atoms with van der Waals surface area (Å²) in [4.78, 5) is 25.6. The third-order valence-electron chi connectivity index (χ3n) is 4.74. The first kappa shape index (κ1) is 16.1. The summed E-state index contributed by atoms with van der Waals surface area (Å²) in [6.07, 6.45) is 2.58. The average molecular weight is 397 g/mol. The second-order valence-electron chi connectivity index (χ2n) is 6.58. The van der Waals surface area contributed by atoms with E-state index in [0.717, 1.165) is 27.5 Å². The van der Waals surface area contributed by atoms with E-state index in [0.29, 0.717) is 11.1 Å². The molecule has 1 amide bonds. The van der Waals surface area contributed by atoms with Gasteiger partial charge in [-0.15, -0.1) is 0 Å². The first-order chi connectivity index (χ1) is 12.0. The van der Waals surface area contributed by atoms with Crippen LogP contribution in [0.5, 0.6) is 0 Å². The number of carbonyl (C=O) groups is 1. The Morgan fingerprint density at radius 3 is 2.84 bits per heavy atom. The normalized spacial score (nSPS) is 15.6. The molecule has 2 heterocycles. The van der Waals surface area contributed by atoms with E-state index >= 15 is 0 Å². The van der Waals surface area contributed by atoms with Gasteiger partial charge in [-0.05, 0) is 65.5 Å². The average Bonchev–Trinajstić information content (AvgIpc) is 2.89. The van der Waals surface area contributed by atoms with Gasteiger partial charge < -0.3 is 9.88 Å². The van der Waals surface area contributed by atoms with Crippen LogP contribution in [0.15, 0.2) is 51.9 Å². The van der Waals surface area contributed by atoms with E-state index in [-0.39, 0.29) is 22.9 Å². The van der Waals surface area contributed by atoms with Gasteiger partial charge >= 0.3 is 0 Å². The molecular weight excluding hydrogens is 380 g/mol. The lowest BCUT2D eigenvalue weighted by Gasteiger charge is -2.13. The number of carbonyl (C=O) groups excluding carboxylic acids is 1. The van der Waals surface area contributed by atoms with Crippen LogP contribution in [-0.2, 0) is 6.42 Å². The molecule has 126 valence electrons. The molecule has 0 fully saturated rings. The number of amides is 1. The Kier molecular flexibility index (Phi) is 3.76. The molecule has 3 aromatic rings. The van der Waals surface area contributed by atoms with Crippen molar-refractivity contribution < 1.29 is 4.79 Å². The summed E-state index contributed by atoms with van der Waals surface area (Å²) in [6.45, 7) is 4.08. The number of aryl methyl sites for hydroxylation is 1. The van der Waals surface area contributed by atoms with Crippen molar-refractivity contribution in [2.24, 2.45) is 0 Å². The number of pyridine rings is 1. The lowest BCUT2D eigenvalue weighted by molar-refractivity contribution is 0.102. The molecule has 4 nitrogen and oxygen atoms in total. The molecule has 0 aliphatic carbocycles. The molecule has 0 spiro atoms. The standard InChI is InChI=1S/C20H17BrN2O2/c1-11-6-7-17(16(21)8-11)22-20(25)15-10-23-12(2)9-13-4-3-5-14(18(13)23)19(15)24/h3-8,10,12H,9H2,1-2H3,(H,22,25)/t12-/m0/s1. The van der Waals surface area contributed by atoms with Crippen molar-refractivity contribution in [2.75, 3.05) is 5.32 Å². The van der Waals surface area contributed by atoms with Crippen molar-refractivity contribution in [3.63, 3.8) is 0 Å². The van der Waals surface area contributed by atoms with Gasteiger partial charge in [-0.3, -0.25) is 9.59 Å². The largest absolute Gasteiger partial charge is 0.343 e. The minimum Gasteiger partial charge on any atom is -0.343 e. The van der Waals surface area contributed by atoms with Crippen molar-refractivity contribution in [2.45, 2.75) is 26.3 Å². The van der Waals surface area contributed by atoms with E-state index in [1.165, 1.54) is 0 Å². The number of halogens is 1. The summed E-state index contributed by atoms with van der Waals surface area (Å²) in [5, 5.41) is 3.45. The Morgan fingerprint density at radius 1 is 1.28 bits per heavy atom.